The maximum absolute atomic E-state index is 12.8. The molecule has 0 aromatic carbocycles. The third-order valence-corrected chi connectivity index (χ3v) is 6.41. The minimum atomic E-state index is -1.30. The minimum absolute atomic E-state index is 0.0744. The summed E-state index contributed by atoms with van der Waals surface area (Å²) in [4.78, 5) is 46.9. The Labute approximate surface area is 178 Å². The van der Waals surface area contributed by atoms with Crippen LogP contribution in [0.1, 0.15) is 12.1 Å². The molecule has 2 atom stereocenters. The quantitative estimate of drug-likeness (QED) is 0.176. The van der Waals surface area contributed by atoms with Crippen LogP contribution < -0.4 is 16.8 Å². The molecule has 14 heteroatoms. The molecule has 1 saturated heterocycles. The number of hydrogen-bond acceptors (Lipinski definition) is 10. The maximum Gasteiger partial charge on any atom is 0.353 e. The van der Waals surface area contributed by atoms with Gasteiger partial charge in [0.05, 0.1) is 5.03 Å². The normalized spacial score (nSPS) is 21.5. The highest BCUT2D eigenvalue weighted by molar-refractivity contribution is 8.00. The second-order valence-electron chi connectivity index (χ2n) is 5.91. The van der Waals surface area contributed by atoms with Gasteiger partial charge in [0.15, 0.2) is 10.8 Å². The highest BCUT2D eigenvalue weighted by Gasteiger charge is 2.54. The van der Waals surface area contributed by atoms with E-state index in [4.69, 9.17) is 27.9 Å². The highest BCUT2D eigenvalue weighted by Crippen LogP contribution is 2.41. The van der Waals surface area contributed by atoms with Gasteiger partial charge in [-0.1, -0.05) is 16.8 Å². The van der Waals surface area contributed by atoms with Gasteiger partial charge >= 0.3 is 5.97 Å². The molecule has 3 heterocycles. The molecule has 29 heavy (non-hydrogen) atoms. The van der Waals surface area contributed by atoms with Crippen molar-refractivity contribution in [2.24, 2.45) is 10.9 Å². The summed E-state index contributed by atoms with van der Waals surface area (Å²) in [5, 5.41) is 17.0. The first-order chi connectivity index (χ1) is 13.8. The lowest BCUT2D eigenvalue weighted by Crippen LogP contribution is -2.71. The summed E-state index contributed by atoms with van der Waals surface area (Å²) in [6, 6.07) is -0.933. The summed E-state index contributed by atoms with van der Waals surface area (Å²) >= 11 is 8.31. The van der Waals surface area contributed by atoms with Crippen molar-refractivity contribution in [1.82, 2.24) is 15.2 Å². The number of carboxylic acids is 1. The van der Waals surface area contributed by atoms with Crippen molar-refractivity contribution in [3.8, 4) is 0 Å². The summed E-state index contributed by atoms with van der Waals surface area (Å²) in [6.07, 6.45) is 0.539. The molecule has 1 fully saturated rings. The number of carbonyl (C=O) groups excluding carboxylic acids is 2. The molecule has 0 aliphatic carbocycles. The van der Waals surface area contributed by atoms with Crippen LogP contribution in [0.2, 0.25) is 0 Å². The van der Waals surface area contributed by atoms with Gasteiger partial charge in [-0.2, -0.15) is 0 Å². The second kappa shape index (κ2) is 8.98. The minimum Gasteiger partial charge on any atom is -0.477 e. The molecule has 0 saturated carbocycles. The standard InChI is InChI=1S/C15H17ClN6O5S2/c16-6-4-28-13-9(12(24)22(13)10(6)14(25)26)20-11(23)8(21-27-3-1-2-17)7-5-29-15(18)19-7/h5,9,13H,1-4,17H2,(H2,18,19)(H,20,23)(H,25,26)/t9?,13-/m0/s1. The fourth-order valence-corrected chi connectivity index (χ4v) is 4.75. The molecule has 6 N–H and O–H groups in total. The van der Waals surface area contributed by atoms with Gasteiger partial charge in [0.25, 0.3) is 11.8 Å². The average Bonchev–Trinajstić information content (AvgIpc) is 3.11. The Bertz CT molecular complexity index is 904. The highest BCUT2D eigenvalue weighted by atomic mass is 35.5. The largest absolute Gasteiger partial charge is 0.477 e. The first kappa shape index (κ1) is 21.4. The molecule has 1 unspecified atom stereocenters. The number of carbonyl (C=O) groups is 3. The Morgan fingerprint density at radius 1 is 1.52 bits per heavy atom. The van der Waals surface area contributed by atoms with E-state index in [0.29, 0.717) is 13.0 Å². The lowest BCUT2D eigenvalue weighted by atomic mass is 10.0. The topological polar surface area (TPSA) is 173 Å². The Kier molecular flexibility index (Phi) is 6.62. The van der Waals surface area contributed by atoms with Gasteiger partial charge < -0.3 is 26.7 Å². The van der Waals surface area contributed by atoms with Crippen molar-refractivity contribution < 1.29 is 24.3 Å². The van der Waals surface area contributed by atoms with E-state index >= 15 is 0 Å². The fraction of sp³-hybridized carbons (Fsp3) is 0.400. The maximum atomic E-state index is 12.8. The molecule has 1 aromatic heterocycles. The number of carboxylic acid groups (broad SMARTS) is 1. The monoisotopic (exact) mass is 460 g/mol. The number of nitrogens with zero attached hydrogens (tertiary/aromatic N) is 3. The molecule has 2 aliphatic rings. The predicted molar refractivity (Wildman–Crippen MR) is 108 cm³/mol. The molecule has 0 radical (unpaired) electrons. The lowest BCUT2D eigenvalue weighted by molar-refractivity contribution is -0.150. The van der Waals surface area contributed by atoms with Crippen LogP contribution in [-0.4, -0.2) is 68.8 Å². The Morgan fingerprint density at radius 3 is 2.90 bits per heavy atom. The molecule has 156 valence electrons. The fourth-order valence-electron chi connectivity index (χ4n) is 2.65. The van der Waals surface area contributed by atoms with E-state index < -0.39 is 29.2 Å². The van der Waals surface area contributed by atoms with Gasteiger partial charge in [-0.3, -0.25) is 14.5 Å². The molecular weight excluding hydrogens is 444 g/mol. The SMILES string of the molecule is NCCCON=C(C(=O)NC1C(=O)N2C(C(=O)O)=C(Cl)CS[C@@H]12)c1csc(N)n1. The van der Waals surface area contributed by atoms with Crippen LogP contribution in [0.15, 0.2) is 21.3 Å². The average molecular weight is 461 g/mol. The van der Waals surface area contributed by atoms with E-state index in [1.807, 2.05) is 0 Å². The number of nitrogen functional groups attached to an aromatic ring is 1. The second-order valence-corrected chi connectivity index (χ2v) is 8.36. The molecule has 2 aliphatic heterocycles. The third-order valence-electron chi connectivity index (χ3n) is 3.99. The molecule has 3 rings (SSSR count). The van der Waals surface area contributed by atoms with Crippen LogP contribution in [0.5, 0.6) is 0 Å². The number of halogens is 1. The number of anilines is 1. The number of β-lactam (4-membered cyclic amide) rings is 1. The first-order valence-electron chi connectivity index (χ1n) is 8.34. The zero-order valence-corrected chi connectivity index (χ0v) is 17.2. The van der Waals surface area contributed by atoms with E-state index in [1.54, 1.807) is 0 Å². The number of nitrogens with two attached hydrogens (primary N) is 2. The molecular formula is C15H17ClN6O5S2. The van der Waals surface area contributed by atoms with Gasteiger partial charge in [-0.15, -0.1) is 23.1 Å². The summed E-state index contributed by atoms with van der Waals surface area (Å²) in [5.74, 6) is -2.35. The zero-order chi connectivity index (χ0) is 21.1. The number of hydrogen-bond donors (Lipinski definition) is 4. The smallest absolute Gasteiger partial charge is 0.353 e. The van der Waals surface area contributed by atoms with Gasteiger partial charge in [0.2, 0.25) is 0 Å². The number of fused-ring (bicyclic) bond motifs is 1. The van der Waals surface area contributed by atoms with Crippen LogP contribution in [0.3, 0.4) is 0 Å². The van der Waals surface area contributed by atoms with Gasteiger partial charge in [0.1, 0.15) is 29.4 Å². The number of aliphatic carboxylic acids is 1. The number of aromatic nitrogens is 1. The number of rotatable bonds is 8. The number of nitrogens with one attached hydrogen (secondary N) is 1. The van der Waals surface area contributed by atoms with Crippen LogP contribution in [-0.2, 0) is 19.2 Å². The van der Waals surface area contributed by atoms with Gasteiger partial charge in [-0.25, -0.2) is 9.78 Å². The van der Waals surface area contributed by atoms with Crippen LogP contribution in [0, 0.1) is 0 Å². The van der Waals surface area contributed by atoms with Crippen molar-refractivity contribution in [1.29, 1.82) is 0 Å². The van der Waals surface area contributed by atoms with Crippen molar-refractivity contribution in [3.05, 3.63) is 21.8 Å². The van der Waals surface area contributed by atoms with E-state index in [1.165, 1.54) is 17.1 Å². The van der Waals surface area contributed by atoms with Gasteiger partial charge in [0, 0.05) is 11.1 Å². The number of thiazole rings is 1. The first-order valence-corrected chi connectivity index (χ1v) is 10.6. The number of amides is 2. The summed E-state index contributed by atoms with van der Waals surface area (Å²) in [6.45, 7) is 0.598. The Morgan fingerprint density at radius 2 is 2.28 bits per heavy atom. The van der Waals surface area contributed by atoms with Crippen molar-refractivity contribution in [3.63, 3.8) is 0 Å². The van der Waals surface area contributed by atoms with Crippen molar-refractivity contribution >= 4 is 63.3 Å². The molecule has 11 nitrogen and oxygen atoms in total. The van der Waals surface area contributed by atoms with E-state index in [0.717, 1.165) is 16.2 Å². The van der Waals surface area contributed by atoms with Crippen LogP contribution in [0.4, 0.5) is 5.13 Å². The van der Waals surface area contributed by atoms with Gasteiger partial charge in [-0.05, 0) is 13.0 Å². The Balaban J connectivity index is 1.75. The summed E-state index contributed by atoms with van der Waals surface area (Å²) < 4.78 is 0. The number of oxime groups is 1. The number of thioether (sulfide) groups is 1. The van der Waals surface area contributed by atoms with E-state index in [2.05, 4.69) is 15.5 Å². The Hall–Kier alpha value is -2.35. The zero-order valence-electron chi connectivity index (χ0n) is 14.8. The molecule has 0 spiro atoms. The summed E-state index contributed by atoms with van der Waals surface area (Å²) in [7, 11) is 0. The van der Waals surface area contributed by atoms with Crippen molar-refractivity contribution in [2.45, 2.75) is 17.8 Å². The van der Waals surface area contributed by atoms with Crippen molar-refractivity contribution in [2.75, 3.05) is 24.6 Å². The molecule has 0 bridgehead atoms. The molecule has 1 aromatic rings. The molecule has 2 amide bonds. The van der Waals surface area contributed by atoms with E-state index in [-0.39, 0.29) is 39.6 Å². The van der Waals surface area contributed by atoms with Crippen LogP contribution >= 0.6 is 34.7 Å². The lowest BCUT2D eigenvalue weighted by Gasteiger charge is -2.48. The third kappa shape index (κ3) is 4.32. The summed E-state index contributed by atoms with van der Waals surface area (Å²) in [5.41, 5.74) is 10.8. The van der Waals surface area contributed by atoms with E-state index in [9.17, 15) is 19.5 Å². The predicted octanol–water partition coefficient (Wildman–Crippen LogP) is -0.270. The van der Waals surface area contributed by atoms with Crippen LogP contribution in [0.25, 0.3) is 0 Å².